The van der Waals surface area contributed by atoms with E-state index in [4.69, 9.17) is 10.8 Å². The van der Waals surface area contributed by atoms with Crippen LogP contribution in [0.5, 0.6) is 0 Å². The van der Waals surface area contributed by atoms with Gasteiger partial charge in [0, 0.05) is 47.0 Å². The Hall–Kier alpha value is -5.17. The molecule has 0 fully saturated rings. The van der Waals surface area contributed by atoms with Crippen molar-refractivity contribution < 1.29 is 29.1 Å². The van der Waals surface area contributed by atoms with Gasteiger partial charge < -0.3 is 42.1 Å². The van der Waals surface area contributed by atoms with Crippen molar-refractivity contribution >= 4 is 51.4 Å². The average molecular weight is 618 g/mol. The molecule has 0 aliphatic heterocycles. The normalized spacial score (nSPS) is 13.8. The molecule has 0 spiro atoms. The number of rotatable bonds is 15. The quantitative estimate of drug-likeness (QED) is 0.0972. The lowest BCUT2D eigenvalue weighted by Crippen LogP contribution is -2.59. The molecule has 0 saturated carbocycles. The standard InChI is InChI=1S/C32H39N7O6/c1-3-18(2)29(39-31(44)26(37-27(40)14-33)13-20-16-35-24-11-7-5-9-22(20)24)32(45)38-25(30(43)36-17-28(41)42)12-19-15-34-23-10-6-4-8-21(19)23/h4-11,15-16,18,25-26,29,34-35H,3,12-14,17,33H2,1-2H3,(H,36,43)(H,37,40)(H,38,45)(H,39,44)(H,41,42)/t18-,25-,26-,29-/m0/s1. The summed E-state index contributed by atoms with van der Waals surface area (Å²) in [6.45, 7) is 2.70. The molecule has 45 heavy (non-hydrogen) atoms. The van der Waals surface area contributed by atoms with Crippen molar-refractivity contribution in [3.05, 3.63) is 72.1 Å². The molecule has 2 aromatic heterocycles. The molecule has 9 N–H and O–H groups in total. The maximum absolute atomic E-state index is 13.8. The van der Waals surface area contributed by atoms with Crippen LogP contribution in [-0.2, 0) is 36.8 Å². The topological polar surface area (TPSA) is 211 Å². The number of nitrogens with two attached hydrogens (primary N) is 1. The van der Waals surface area contributed by atoms with Crippen molar-refractivity contribution in [1.82, 2.24) is 31.2 Å². The van der Waals surface area contributed by atoms with E-state index in [1.54, 1.807) is 19.3 Å². The maximum Gasteiger partial charge on any atom is 0.322 e. The molecule has 0 radical (unpaired) electrons. The summed E-state index contributed by atoms with van der Waals surface area (Å²) in [5.74, 6) is -4.02. The SMILES string of the molecule is CC[C@H](C)[C@H](NC(=O)[C@H](Cc1c[nH]c2ccccc12)NC(=O)CN)C(=O)N[C@@H](Cc1c[nH]c2ccccc12)C(=O)NCC(=O)O. The van der Waals surface area contributed by atoms with Crippen LogP contribution in [-0.4, -0.2) is 75.9 Å². The Balaban J connectivity index is 1.56. The monoisotopic (exact) mass is 617 g/mol. The van der Waals surface area contributed by atoms with Crippen LogP contribution in [0.1, 0.15) is 31.4 Å². The molecule has 13 heteroatoms. The largest absolute Gasteiger partial charge is 0.480 e. The first-order chi connectivity index (χ1) is 21.6. The number of fused-ring (bicyclic) bond motifs is 2. The van der Waals surface area contributed by atoms with Gasteiger partial charge in [-0.3, -0.25) is 24.0 Å². The smallest absolute Gasteiger partial charge is 0.322 e. The van der Waals surface area contributed by atoms with Crippen LogP contribution in [0.25, 0.3) is 21.8 Å². The Morgan fingerprint density at radius 3 is 1.82 bits per heavy atom. The molecule has 0 saturated heterocycles. The van der Waals surface area contributed by atoms with Gasteiger partial charge in [-0.25, -0.2) is 0 Å². The van der Waals surface area contributed by atoms with Crippen LogP contribution in [0, 0.1) is 5.92 Å². The molecule has 238 valence electrons. The Labute approximate surface area is 259 Å². The lowest BCUT2D eigenvalue weighted by atomic mass is 9.96. The van der Waals surface area contributed by atoms with Gasteiger partial charge in [0.1, 0.15) is 24.7 Å². The Morgan fingerprint density at radius 2 is 1.31 bits per heavy atom. The van der Waals surface area contributed by atoms with Gasteiger partial charge in [0.15, 0.2) is 0 Å². The number of amides is 4. The van der Waals surface area contributed by atoms with Crippen molar-refractivity contribution in [3.8, 4) is 0 Å². The molecular weight excluding hydrogens is 578 g/mol. The molecule has 4 atom stereocenters. The van der Waals surface area contributed by atoms with Gasteiger partial charge in [-0.15, -0.1) is 0 Å². The second-order valence-corrected chi connectivity index (χ2v) is 11.0. The van der Waals surface area contributed by atoms with Gasteiger partial charge in [0.2, 0.25) is 23.6 Å². The number of carbonyl (C=O) groups is 5. The van der Waals surface area contributed by atoms with Gasteiger partial charge in [-0.05, 0) is 29.2 Å². The van der Waals surface area contributed by atoms with Crippen LogP contribution in [0.3, 0.4) is 0 Å². The first kappa shape index (κ1) is 32.7. The number of para-hydroxylation sites is 2. The van der Waals surface area contributed by atoms with Crippen molar-refractivity contribution in [1.29, 1.82) is 0 Å². The van der Waals surface area contributed by atoms with Gasteiger partial charge in [-0.2, -0.15) is 0 Å². The third-order valence-corrected chi connectivity index (χ3v) is 7.88. The Bertz CT molecular complexity index is 1680. The van der Waals surface area contributed by atoms with E-state index in [1.807, 2.05) is 55.5 Å². The summed E-state index contributed by atoms with van der Waals surface area (Å²) in [5.41, 5.74) is 8.78. The summed E-state index contributed by atoms with van der Waals surface area (Å²) >= 11 is 0. The number of aromatic nitrogens is 2. The number of hydrogen-bond donors (Lipinski definition) is 8. The number of carbonyl (C=O) groups excluding carboxylic acids is 4. The van der Waals surface area contributed by atoms with Gasteiger partial charge in [0.05, 0.1) is 6.54 Å². The number of carboxylic acid groups (broad SMARTS) is 1. The van der Waals surface area contributed by atoms with E-state index in [-0.39, 0.29) is 25.3 Å². The molecular formula is C32H39N7O6. The summed E-state index contributed by atoms with van der Waals surface area (Å²) in [4.78, 5) is 70.3. The summed E-state index contributed by atoms with van der Waals surface area (Å²) in [7, 11) is 0. The second kappa shape index (κ2) is 15.0. The third-order valence-electron chi connectivity index (χ3n) is 7.88. The minimum absolute atomic E-state index is 0.0676. The average Bonchev–Trinajstić information content (AvgIpc) is 3.65. The van der Waals surface area contributed by atoms with Gasteiger partial charge in [0.25, 0.3) is 0 Å². The Kier molecular flexibility index (Phi) is 10.9. The van der Waals surface area contributed by atoms with E-state index in [1.165, 1.54) is 0 Å². The van der Waals surface area contributed by atoms with E-state index >= 15 is 0 Å². The van der Waals surface area contributed by atoms with E-state index in [0.717, 1.165) is 32.9 Å². The summed E-state index contributed by atoms with van der Waals surface area (Å²) in [6, 6.07) is 11.8. The molecule has 2 aromatic carbocycles. The molecule has 4 rings (SSSR count). The highest BCUT2D eigenvalue weighted by Gasteiger charge is 2.33. The molecule has 0 bridgehead atoms. The number of aromatic amines is 2. The number of benzene rings is 2. The van der Waals surface area contributed by atoms with Crippen LogP contribution in [0.15, 0.2) is 60.9 Å². The van der Waals surface area contributed by atoms with Gasteiger partial charge in [-0.1, -0.05) is 56.7 Å². The fourth-order valence-electron chi connectivity index (χ4n) is 5.22. The fraction of sp³-hybridized carbons (Fsp3) is 0.344. The van der Waals surface area contributed by atoms with Crippen LogP contribution < -0.4 is 27.0 Å². The molecule has 0 unspecified atom stereocenters. The number of H-pyrrole nitrogens is 2. The number of hydrogen-bond acceptors (Lipinski definition) is 6. The number of nitrogens with one attached hydrogen (secondary N) is 6. The first-order valence-electron chi connectivity index (χ1n) is 14.8. The summed E-state index contributed by atoms with van der Waals surface area (Å²) in [6.07, 6.45) is 4.22. The zero-order valence-electron chi connectivity index (χ0n) is 25.2. The highest BCUT2D eigenvalue weighted by molar-refractivity contribution is 5.96. The predicted octanol–water partition coefficient (Wildman–Crippen LogP) is 1.09. The highest BCUT2D eigenvalue weighted by atomic mass is 16.4. The van der Waals surface area contributed by atoms with Gasteiger partial charge >= 0.3 is 5.97 Å². The van der Waals surface area contributed by atoms with E-state index in [0.29, 0.717) is 6.42 Å². The summed E-state index contributed by atoms with van der Waals surface area (Å²) in [5, 5.41) is 21.4. The lowest BCUT2D eigenvalue weighted by Gasteiger charge is -2.28. The first-order valence-corrected chi connectivity index (χ1v) is 14.8. The van der Waals surface area contributed by atoms with Crippen LogP contribution in [0.2, 0.25) is 0 Å². The van der Waals surface area contributed by atoms with Crippen molar-refractivity contribution in [2.24, 2.45) is 11.7 Å². The summed E-state index contributed by atoms with van der Waals surface area (Å²) < 4.78 is 0. The fourth-order valence-corrected chi connectivity index (χ4v) is 5.22. The second-order valence-electron chi connectivity index (χ2n) is 11.0. The van der Waals surface area contributed by atoms with E-state index < -0.39 is 54.3 Å². The number of aliphatic carboxylic acids is 1. The zero-order chi connectivity index (χ0) is 32.5. The number of carboxylic acids is 1. The van der Waals surface area contributed by atoms with Crippen LogP contribution in [0.4, 0.5) is 0 Å². The zero-order valence-corrected chi connectivity index (χ0v) is 25.2. The van der Waals surface area contributed by atoms with Crippen molar-refractivity contribution in [3.63, 3.8) is 0 Å². The molecule has 0 aliphatic rings. The maximum atomic E-state index is 13.8. The van der Waals surface area contributed by atoms with Crippen molar-refractivity contribution in [2.45, 2.75) is 51.2 Å². The molecule has 4 amide bonds. The third kappa shape index (κ3) is 8.26. The molecule has 0 aliphatic carbocycles. The minimum atomic E-state index is -1.23. The van der Waals surface area contributed by atoms with E-state index in [2.05, 4.69) is 31.2 Å². The van der Waals surface area contributed by atoms with Crippen LogP contribution >= 0.6 is 0 Å². The van der Waals surface area contributed by atoms with E-state index in [9.17, 15) is 24.0 Å². The highest BCUT2D eigenvalue weighted by Crippen LogP contribution is 2.21. The predicted molar refractivity (Wildman–Crippen MR) is 169 cm³/mol. The molecule has 13 nitrogen and oxygen atoms in total. The molecule has 4 aromatic rings. The molecule has 2 heterocycles. The van der Waals surface area contributed by atoms with Crippen molar-refractivity contribution in [2.75, 3.05) is 13.1 Å². The Morgan fingerprint density at radius 1 is 0.778 bits per heavy atom. The lowest BCUT2D eigenvalue weighted by molar-refractivity contribution is -0.138. The minimum Gasteiger partial charge on any atom is -0.480 e.